The van der Waals surface area contributed by atoms with Crippen LogP contribution in [-0.4, -0.2) is 34.3 Å². The highest BCUT2D eigenvalue weighted by atomic mass is 15.3. The summed E-state index contributed by atoms with van der Waals surface area (Å²) in [6, 6.07) is 0. The lowest BCUT2D eigenvalue weighted by molar-refractivity contribution is 0.571. The normalized spacial score (nSPS) is 14.0. The van der Waals surface area contributed by atoms with Gasteiger partial charge in [-0.3, -0.25) is 4.99 Å². The average molecular weight is 335 g/mol. The Morgan fingerprint density at radius 3 is 2.54 bits per heavy atom. The van der Waals surface area contributed by atoms with Gasteiger partial charge >= 0.3 is 0 Å². The number of hydrogen-bond acceptors (Lipinski definition) is 3. The van der Waals surface area contributed by atoms with Crippen LogP contribution < -0.4 is 10.6 Å². The van der Waals surface area contributed by atoms with Crippen LogP contribution in [0.3, 0.4) is 0 Å². The van der Waals surface area contributed by atoms with Crippen molar-refractivity contribution in [3.05, 3.63) is 11.6 Å². The lowest BCUT2D eigenvalue weighted by Crippen LogP contribution is -2.37. The molecule has 2 N–H and O–H groups in total. The minimum absolute atomic E-state index is 0.685. The number of hydrogen-bond donors (Lipinski definition) is 2. The summed E-state index contributed by atoms with van der Waals surface area (Å²) in [5.41, 5.74) is 0. The smallest absolute Gasteiger partial charge is 0.191 e. The van der Waals surface area contributed by atoms with Gasteiger partial charge in [0.2, 0.25) is 0 Å². The van der Waals surface area contributed by atoms with E-state index < -0.39 is 0 Å². The van der Waals surface area contributed by atoms with Crippen LogP contribution >= 0.6 is 0 Å². The Balaban J connectivity index is 1.53. The zero-order valence-corrected chi connectivity index (χ0v) is 15.5. The van der Waals surface area contributed by atoms with E-state index >= 15 is 0 Å². The molecule has 136 valence electrons. The number of fused-ring (bicyclic) bond motifs is 1. The molecule has 0 spiro atoms. The van der Waals surface area contributed by atoms with Crippen LogP contribution in [0.2, 0.25) is 0 Å². The largest absolute Gasteiger partial charge is 0.356 e. The highest BCUT2D eigenvalue weighted by Gasteiger charge is 2.16. The first-order chi connectivity index (χ1) is 11.8. The predicted molar refractivity (Wildman–Crippen MR) is 99.2 cm³/mol. The number of unbranched alkanes of at least 4 members (excludes halogenated alkanes) is 7. The fraction of sp³-hybridized carbons (Fsp3) is 0.833. The first-order valence-corrected chi connectivity index (χ1v) is 9.70. The zero-order chi connectivity index (χ0) is 17.0. The average Bonchev–Trinajstić information content (AvgIpc) is 3.20. The summed E-state index contributed by atoms with van der Waals surface area (Å²) in [7, 11) is 1.82. The van der Waals surface area contributed by atoms with Crippen molar-refractivity contribution in [1.29, 1.82) is 0 Å². The molecule has 0 amide bonds. The topological polar surface area (TPSA) is 67.1 Å². The Hall–Kier alpha value is -1.59. The molecule has 0 radical (unpaired) electrons. The highest BCUT2D eigenvalue weighted by molar-refractivity contribution is 5.79. The Labute approximate surface area is 146 Å². The minimum Gasteiger partial charge on any atom is -0.356 e. The number of nitrogens with zero attached hydrogens (tertiary/aromatic N) is 4. The third kappa shape index (κ3) is 6.13. The lowest BCUT2D eigenvalue weighted by atomic mass is 10.1. The fourth-order valence-corrected chi connectivity index (χ4v) is 3.19. The predicted octanol–water partition coefficient (Wildman–Crippen LogP) is 3.03. The Morgan fingerprint density at radius 1 is 1.04 bits per heavy atom. The van der Waals surface area contributed by atoms with Crippen molar-refractivity contribution in [3.8, 4) is 0 Å². The standard InChI is InChI=1S/C18H34N6/c1-3-4-5-6-7-8-9-10-13-20-18(19-2)21-15-17-23-22-16-12-11-14-24(16)17/h3-15H2,1-2H3,(H2,19,20,21). The van der Waals surface area contributed by atoms with Crippen molar-refractivity contribution in [2.75, 3.05) is 13.6 Å². The Morgan fingerprint density at radius 2 is 1.79 bits per heavy atom. The third-order valence-corrected chi connectivity index (χ3v) is 4.65. The summed E-state index contributed by atoms with van der Waals surface area (Å²) in [6.07, 6.45) is 13.0. The van der Waals surface area contributed by atoms with Gasteiger partial charge in [-0.15, -0.1) is 10.2 Å². The molecule has 2 heterocycles. The molecule has 1 aromatic rings. The third-order valence-electron chi connectivity index (χ3n) is 4.65. The van der Waals surface area contributed by atoms with Crippen molar-refractivity contribution in [2.45, 2.75) is 84.2 Å². The van der Waals surface area contributed by atoms with Gasteiger partial charge in [-0.1, -0.05) is 51.9 Å². The van der Waals surface area contributed by atoms with Gasteiger partial charge in [-0.25, -0.2) is 0 Å². The van der Waals surface area contributed by atoms with Crippen molar-refractivity contribution in [2.24, 2.45) is 4.99 Å². The van der Waals surface area contributed by atoms with E-state index in [1.807, 2.05) is 7.05 Å². The number of aryl methyl sites for hydroxylation is 1. The number of guanidine groups is 1. The van der Waals surface area contributed by atoms with Crippen molar-refractivity contribution in [3.63, 3.8) is 0 Å². The summed E-state index contributed by atoms with van der Waals surface area (Å²) < 4.78 is 2.22. The number of aliphatic imine (C=N–C) groups is 1. The first-order valence-electron chi connectivity index (χ1n) is 9.70. The van der Waals surface area contributed by atoms with Crippen LogP contribution in [0.5, 0.6) is 0 Å². The molecule has 24 heavy (non-hydrogen) atoms. The molecular weight excluding hydrogens is 300 g/mol. The molecule has 0 aromatic carbocycles. The second kappa shape index (κ2) is 11.0. The molecular formula is C18H34N6. The lowest BCUT2D eigenvalue weighted by Gasteiger charge is -2.11. The second-order valence-electron chi connectivity index (χ2n) is 6.62. The molecule has 1 aliphatic heterocycles. The van der Waals surface area contributed by atoms with Gasteiger partial charge in [0.05, 0.1) is 6.54 Å². The summed E-state index contributed by atoms with van der Waals surface area (Å²) >= 11 is 0. The van der Waals surface area contributed by atoms with Crippen LogP contribution in [0, 0.1) is 0 Å². The molecule has 2 rings (SSSR count). The van der Waals surface area contributed by atoms with Gasteiger partial charge in [0.15, 0.2) is 11.8 Å². The van der Waals surface area contributed by atoms with Gasteiger partial charge in [-0.05, 0) is 12.8 Å². The van der Waals surface area contributed by atoms with E-state index in [-0.39, 0.29) is 0 Å². The maximum absolute atomic E-state index is 4.29. The summed E-state index contributed by atoms with van der Waals surface area (Å²) in [5, 5.41) is 15.2. The quantitative estimate of drug-likeness (QED) is 0.371. The van der Waals surface area contributed by atoms with E-state index in [2.05, 4.69) is 37.3 Å². The SMILES string of the molecule is CCCCCCCCCCNC(=NC)NCc1nnc2n1CCC2. The Bertz CT molecular complexity index is 494. The second-order valence-corrected chi connectivity index (χ2v) is 6.62. The number of nitrogens with one attached hydrogen (secondary N) is 2. The van der Waals surface area contributed by atoms with Crippen molar-refractivity contribution in [1.82, 2.24) is 25.4 Å². The number of rotatable bonds is 11. The summed E-state index contributed by atoms with van der Waals surface area (Å²) in [6.45, 7) is 4.98. The molecule has 1 aromatic heterocycles. The first kappa shape index (κ1) is 18.7. The molecule has 1 aliphatic rings. The van der Waals surface area contributed by atoms with Crippen molar-refractivity contribution < 1.29 is 0 Å². The number of aromatic nitrogens is 3. The van der Waals surface area contributed by atoms with E-state index in [1.165, 1.54) is 57.8 Å². The minimum atomic E-state index is 0.685. The van der Waals surface area contributed by atoms with E-state index in [9.17, 15) is 0 Å². The monoisotopic (exact) mass is 334 g/mol. The molecule has 0 saturated carbocycles. The molecule has 0 saturated heterocycles. The summed E-state index contributed by atoms with van der Waals surface area (Å²) in [4.78, 5) is 4.29. The van der Waals surface area contributed by atoms with Crippen LogP contribution in [0.15, 0.2) is 4.99 Å². The molecule has 0 aliphatic carbocycles. The summed E-state index contributed by atoms with van der Waals surface area (Å²) in [5.74, 6) is 2.99. The van der Waals surface area contributed by atoms with E-state index in [0.29, 0.717) is 6.54 Å². The van der Waals surface area contributed by atoms with E-state index in [0.717, 1.165) is 37.1 Å². The van der Waals surface area contributed by atoms with Gasteiger partial charge in [-0.2, -0.15) is 0 Å². The molecule has 6 nitrogen and oxygen atoms in total. The van der Waals surface area contributed by atoms with Gasteiger partial charge in [0.1, 0.15) is 5.82 Å². The molecule has 0 fully saturated rings. The molecule has 6 heteroatoms. The van der Waals surface area contributed by atoms with Crippen LogP contribution in [0.1, 0.15) is 76.4 Å². The molecule has 0 bridgehead atoms. The van der Waals surface area contributed by atoms with E-state index in [4.69, 9.17) is 0 Å². The van der Waals surface area contributed by atoms with Crippen LogP contribution in [-0.2, 0) is 19.5 Å². The van der Waals surface area contributed by atoms with Gasteiger partial charge < -0.3 is 15.2 Å². The van der Waals surface area contributed by atoms with Crippen LogP contribution in [0.4, 0.5) is 0 Å². The van der Waals surface area contributed by atoms with Crippen LogP contribution in [0.25, 0.3) is 0 Å². The maximum Gasteiger partial charge on any atom is 0.191 e. The maximum atomic E-state index is 4.29. The highest BCUT2D eigenvalue weighted by Crippen LogP contribution is 2.13. The zero-order valence-electron chi connectivity index (χ0n) is 15.5. The van der Waals surface area contributed by atoms with Gasteiger partial charge in [0, 0.05) is 26.6 Å². The van der Waals surface area contributed by atoms with Crippen molar-refractivity contribution >= 4 is 5.96 Å². The Kier molecular flexibility index (Phi) is 8.63. The molecule has 0 unspecified atom stereocenters. The molecule has 0 atom stereocenters. The van der Waals surface area contributed by atoms with Gasteiger partial charge in [0.25, 0.3) is 0 Å². The van der Waals surface area contributed by atoms with E-state index in [1.54, 1.807) is 0 Å². The fourth-order valence-electron chi connectivity index (χ4n) is 3.19.